The molecule has 0 aliphatic heterocycles. The van der Waals surface area contributed by atoms with E-state index in [1.54, 1.807) is 6.92 Å². The number of hydrogen-bond acceptors (Lipinski definition) is 3. The minimum absolute atomic E-state index is 0.0423. The Morgan fingerprint density at radius 3 is 2.50 bits per heavy atom. The highest BCUT2D eigenvalue weighted by molar-refractivity contribution is 7.89. The van der Waals surface area contributed by atoms with Crippen LogP contribution >= 0.6 is 0 Å². The molecule has 3 N–H and O–H groups in total. The summed E-state index contributed by atoms with van der Waals surface area (Å²) >= 11 is 0. The fraction of sp³-hybridized carbons (Fsp3) is 0.500. The lowest BCUT2D eigenvalue weighted by molar-refractivity contribution is 0.482. The zero-order valence-corrected chi connectivity index (χ0v) is 11.6. The van der Waals surface area contributed by atoms with Crippen LogP contribution in [0.5, 0.6) is 0 Å². The molecule has 6 heteroatoms. The molecular formula is C12H19FN2O2S. The maximum absolute atomic E-state index is 13.1. The zero-order valence-electron chi connectivity index (χ0n) is 10.8. The summed E-state index contributed by atoms with van der Waals surface area (Å²) in [6, 6.07) is 3.08. The van der Waals surface area contributed by atoms with E-state index in [1.165, 1.54) is 6.07 Å². The fourth-order valence-corrected chi connectivity index (χ4v) is 3.22. The van der Waals surface area contributed by atoms with Gasteiger partial charge in [-0.2, -0.15) is 0 Å². The summed E-state index contributed by atoms with van der Waals surface area (Å²) in [4.78, 5) is -0.210. The van der Waals surface area contributed by atoms with Crippen LogP contribution in [-0.2, 0) is 10.0 Å². The highest BCUT2D eigenvalue weighted by Gasteiger charge is 2.21. The third kappa shape index (κ3) is 3.96. The summed E-state index contributed by atoms with van der Waals surface area (Å²) < 4.78 is 39.7. The summed E-state index contributed by atoms with van der Waals surface area (Å²) in [5, 5.41) is 0. The van der Waals surface area contributed by atoms with Gasteiger partial charge in [0.15, 0.2) is 0 Å². The molecule has 1 aromatic rings. The number of benzene rings is 1. The largest absolute Gasteiger partial charge is 0.398 e. The summed E-state index contributed by atoms with van der Waals surface area (Å²) in [5.41, 5.74) is 5.61. The van der Waals surface area contributed by atoms with Gasteiger partial charge in [0.1, 0.15) is 10.7 Å². The van der Waals surface area contributed by atoms with Crippen molar-refractivity contribution in [2.75, 3.05) is 5.73 Å². The van der Waals surface area contributed by atoms with Crippen LogP contribution in [0.2, 0.25) is 0 Å². The summed E-state index contributed by atoms with van der Waals surface area (Å²) in [6.07, 6.45) is 0.703. The van der Waals surface area contributed by atoms with Crippen LogP contribution in [0.1, 0.15) is 27.2 Å². The Bertz CT molecular complexity index is 515. The van der Waals surface area contributed by atoms with Crippen molar-refractivity contribution < 1.29 is 12.8 Å². The molecule has 0 saturated carbocycles. The first-order valence-electron chi connectivity index (χ1n) is 5.79. The number of sulfonamides is 1. The second-order valence-electron chi connectivity index (χ2n) is 4.83. The van der Waals surface area contributed by atoms with Gasteiger partial charge in [0.2, 0.25) is 10.0 Å². The minimum Gasteiger partial charge on any atom is -0.398 e. The average Bonchev–Trinajstić information content (AvgIpc) is 2.19. The molecule has 0 radical (unpaired) electrons. The van der Waals surface area contributed by atoms with E-state index in [9.17, 15) is 12.8 Å². The normalized spacial score (nSPS) is 13.8. The Balaban J connectivity index is 2.96. The fourth-order valence-electron chi connectivity index (χ4n) is 1.82. The predicted molar refractivity (Wildman–Crippen MR) is 70.1 cm³/mol. The first-order valence-corrected chi connectivity index (χ1v) is 7.28. The van der Waals surface area contributed by atoms with Gasteiger partial charge in [-0.3, -0.25) is 0 Å². The molecule has 1 atom stereocenters. The van der Waals surface area contributed by atoms with Crippen molar-refractivity contribution >= 4 is 15.7 Å². The Labute approximate surface area is 107 Å². The standard InChI is InChI=1S/C12H19FN2O2S/c1-8(2)6-9(3)15-18(16,17)12-7-10(13)4-5-11(12)14/h4-5,7-9,15H,6,14H2,1-3H3. The first kappa shape index (κ1) is 14.9. The van der Waals surface area contributed by atoms with Crippen LogP contribution < -0.4 is 10.5 Å². The van der Waals surface area contributed by atoms with Crippen molar-refractivity contribution in [3.63, 3.8) is 0 Å². The number of halogens is 1. The molecule has 4 nitrogen and oxygen atoms in total. The van der Waals surface area contributed by atoms with Crippen LogP contribution in [-0.4, -0.2) is 14.5 Å². The van der Waals surface area contributed by atoms with Crippen molar-refractivity contribution in [2.45, 2.75) is 38.1 Å². The van der Waals surface area contributed by atoms with Crippen LogP contribution in [0.3, 0.4) is 0 Å². The van der Waals surface area contributed by atoms with Crippen molar-refractivity contribution in [2.24, 2.45) is 5.92 Å². The summed E-state index contributed by atoms with van der Waals surface area (Å²) in [6.45, 7) is 5.77. The minimum atomic E-state index is -3.77. The van der Waals surface area contributed by atoms with Crippen LogP contribution in [0, 0.1) is 11.7 Å². The van der Waals surface area contributed by atoms with E-state index in [2.05, 4.69) is 4.72 Å². The van der Waals surface area contributed by atoms with Crippen LogP contribution in [0.4, 0.5) is 10.1 Å². The number of nitrogens with one attached hydrogen (secondary N) is 1. The molecule has 0 saturated heterocycles. The third-order valence-electron chi connectivity index (χ3n) is 2.45. The Hall–Kier alpha value is -1.14. The first-order chi connectivity index (χ1) is 8.22. The maximum Gasteiger partial charge on any atom is 0.242 e. The van der Waals surface area contributed by atoms with Gasteiger partial charge in [-0.25, -0.2) is 17.5 Å². The van der Waals surface area contributed by atoms with Gasteiger partial charge in [0, 0.05) is 6.04 Å². The second-order valence-corrected chi connectivity index (χ2v) is 6.52. The summed E-state index contributed by atoms with van der Waals surface area (Å²) in [7, 11) is -3.77. The van der Waals surface area contributed by atoms with Crippen molar-refractivity contribution in [3.05, 3.63) is 24.0 Å². The molecule has 0 heterocycles. The molecule has 0 bridgehead atoms. The molecule has 0 fully saturated rings. The van der Waals surface area contributed by atoms with Crippen molar-refractivity contribution in [3.8, 4) is 0 Å². The molecule has 1 rings (SSSR count). The van der Waals surface area contributed by atoms with Crippen LogP contribution in [0.15, 0.2) is 23.1 Å². The zero-order chi connectivity index (χ0) is 13.9. The molecule has 0 aliphatic carbocycles. The van der Waals surface area contributed by atoms with Gasteiger partial charge in [0.05, 0.1) is 5.69 Å². The number of anilines is 1. The van der Waals surface area contributed by atoms with E-state index in [-0.39, 0.29) is 16.6 Å². The number of rotatable bonds is 5. The molecule has 18 heavy (non-hydrogen) atoms. The van der Waals surface area contributed by atoms with Crippen molar-refractivity contribution in [1.82, 2.24) is 4.72 Å². The SMILES string of the molecule is CC(C)CC(C)NS(=O)(=O)c1cc(F)ccc1N. The van der Waals surface area contributed by atoms with Gasteiger partial charge in [-0.1, -0.05) is 13.8 Å². The van der Waals surface area contributed by atoms with Crippen LogP contribution in [0.25, 0.3) is 0 Å². The van der Waals surface area contributed by atoms with E-state index in [0.717, 1.165) is 12.1 Å². The maximum atomic E-state index is 13.1. The second kappa shape index (κ2) is 5.67. The topological polar surface area (TPSA) is 72.2 Å². The van der Waals surface area contributed by atoms with Crippen molar-refractivity contribution in [1.29, 1.82) is 0 Å². The van der Waals surface area contributed by atoms with E-state index >= 15 is 0 Å². The molecule has 102 valence electrons. The molecule has 0 spiro atoms. The van der Waals surface area contributed by atoms with E-state index in [0.29, 0.717) is 12.3 Å². The van der Waals surface area contributed by atoms with Gasteiger partial charge in [0.25, 0.3) is 0 Å². The lowest BCUT2D eigenvalue weighted by Gasteiger charge is -2.16. The highest BCUT2D eigenvalue weighted by atomic mass is 32.2. The smallest absolute Gasteiger partial charge is 0.242 e. The Morgan fingerprint density at radius 1 is 1.33 bits per heavy atom. The number of hydrogen-bond donors (Lipinski definition) is 2. The Morgan fingerprint density at radius 2 is 1.94 bits per heavy atom. The molecular weight excluding hydrogens is 255 g/mol. The third-order valence-corrected chi connectivity index (χ3v) is 4.09. The van der Waals surface area contributed by atoms with Gasteiger partial charge >= 0.3 is 0 Å². The lowest BCUT2D eigenvalue weighted by Crippen LogP contribution is -2.34. The van der Waals surface area contributed by atoms with E-state index in [1.807, 2.05) is 13.8 Å². The quantitative estimate of drug-likeness (QED) is 0.808. The molecule has 1 unspecified atom stereocenters. The average molecular weight is 274 g/mol. The molecule has 0 aliphatic rings. The van der Waals surface area contributed by atoms with Gasteiger partial charge in [-0.05, 0) is 37.5 Å². The van der Waals surface area contributed by atoms with Gasteiger partial charge in [-0.15, -0.1) is 0 Å². The number of nitrogen functional groups attached to an aromatic ring is 1. The highest BCUT2D eigenvalue weighted by Crippen LogP contribution is 2.20. The summed E-state index contributed by atoms with van der Waals surface area (Å²) in [5.74, 6) is -0.256. The Kier molecular flexibility index (Phi) is 4.70. The van der Waals surface area contributed by atoms with Gasteiger partial charge < -0.3 is 5.73 Å². The van der Waals surface area contributed by atoms with E-state index in [4.69, 9.17) is 5.73 Å². The lowest BCUT2D eigenvalue weighted by atomic mass is 10.1. The molecule has 0 aromatic heterocycles. The monoisotopic (exact) mass is 274 g/mol. The molecule has 0 amide bonds. The predicted octanol–water partition coefficient (Wildman–Crippen LogP) is 2.12. The molecule has 1 aromatic carbocycles. The van der Waals surface area contributed by atoms with E-state index < -0.39 is 15.8 Å². The number of nitrogens with two attached hydrogens (primary N) is 1.